The Kier molecular flexibility index (Phi) is 3.70. The molecule has 0 saturated heterocycles. The van der Waals surface area contributed by atoms with Gasteiger partial charge in [0.25, 0.3) is 0 Å². The van der Waals surface area contributed by atoms with Crippen LogP contribution in [-0.4, -0.2) is 11.7 Å². The van der Waals surface area contributed by atoms with Crippen molar-refractivity contribution in [3.05, 3.63) is 69.8 Å². The Morgan fingerprint density at radius 1 is 0.800 bits per heavy atom. The van der Waals surface area contributed by atoms with Gasteiger partial charge in [-0.15, -0.1) is 0 Å². The summed E-state index contributed by atoms with van der Waals surface area (Å²) in [6, 6.07) is 10.5. The Labute approximate surface area is 118 Å². The van der Waals surface area contributed by atoms with Crippen molar-refractivity contribution in [3.8, 4) is 0 Å². The molecule has 0 radical (unpaired) electrons. The van der Waals surface area contributed by atoms with Crippen LogP contribution in [0.15, 0.2) is 36.4 Å². The molecule has 0 aliphatic carbocycles. The maximum Gasteiger partial charge on any atom is 0.249 e. The molecule has 0 unspecified atom stereocenters. The minimum atomic E-state index is -0.588. The average Bonchev–Trinajstić information content (AvgIpc) is 2.42. The fourth-order valence-electron chi connectivity index (χ4n) is 2.25. The lowest BCUT2D eigenvalue weighted by atomic mass is 9.92. The van der Waals surface area contributed by atoms with Crippen LogP contribution in [0.3, 0.4) is 0 Å². The minimum absolute atomic E-state index is 0.167. The van der Waals surface area contributed by atoms with Crippen molar-refractivity contribution in [1.29, 1.82) is 0 Å². The number of benzene rings is 2. The Hall–Kier alpha value is -2.42. The van der Waals surface area contributed by atoms with Crippen LogP contribution in [0.4, 0.5) is 0 Å². The SMILES string of the molecule is Cc1cc(C)c(C(=O)c2ccccc2C(N)=O)cc1C. The van der Waals surface area contributed by atoms with Gasteiger partial charge < -0.3 is 5.73 Å². The molecule has 0 saturated carbocycles. The molecular weight excluding hydrogens is 250 g/mol. The van der Waals surface area contributed by atoms with Crippen LogP contribution >= 0.6 is 0 Å². The van der Waals surface area contributed by atoms with Gasteiger partial charge >= 0.3 is 0 Å². The van der Waals surface area contributed by atoms with Gasteiger partial charge in [0.15, 0.2) is 5.78 Å². The summed E-state index contributed by atoms with van der Waals surface area (Å²) in [5.74, 6) is -0.754. The largest absolute Gasteiger partial charge is 0.366 e. The molecule has 3 heteroatoms. The van der Waals surface area contributed by atoms with Gasteiger partial charge in [-0.05, 0) is 49.6 Å². The van der Waals surface area contributed by atoms with Crippen LogP contribution in [-0.2, 0) is 0 Å². The highest BCUT2D eigenvalue weighted by molar-refractivity contribution is 6.15. The van der Waals surface area contributed by atoms with E-state index < -0.39 is 5.91 Å². The first-order valence-electron chi connectivity index (χ1n) is 6.43. The van der Waals surface area contributed by atoms with Gasteiger partial charge in [0.1, 0.15) is 0 Å². The first-order valence-corrected chi connectivity index (χ1v) is 6.43. The Balaban J connectivity index is 2.58. The predicted molar refractivity (Wildman–Crippen MR) is 79.0 cm³/mol. The first-order chi connectivity index (χ1) is 9.41. The van der Waals surface area contributed by atoms with Crippen molar-refractivity contribution < 1.29 is 9.59 Å². The summed E-state index contributed by atoms with van der Waals surface area (Å²) < 4.78 is 0. The lowest BCUT2D eigenvalue weighted by molar-refractivity contribution is 0.0981. The number of carbonyl (C=O) groups excluding carboxylic acids is 2. The van der Waals surface area contributed by atoms with Crippen LogP contribution in [0.1, 0.15) is 43.0 Å². The molecule has 2 N–H and O–H groups in total. The molecule has 0 bridgehead atoms. The highest BCUT2D eigenvalue weighted by Crippen LogP contribution is 2.20. The molecule has 0 aliphatic heterocycles. The summed E-state index contributed by atoms with van der Waals surface area (Å²) in [7, 11) is 0. The maximum absolute atomic E-state index is 12.6. The predicted octanol–water partition coefficient (Wildman–Crippen LogP) is 2.94. The topological polar surface area (TPSA) is 60.2 Å². The molecular formula is C17H17NO2. The van der Waals surface area contributed by atoms with E-state index in [1.54, 1.807) is 24.3 Å². The van der Waals surface area contributed by atoms with Crippen LogP contribution < -0.4 is 5.73 Å². The van der Waals surface area contributed by atoms with Crippen LogP contribution in [0.25, 0.3) is 0 Å². The Bertz CT molecular complexity index is 702. The van der Waals surface area contributed by atoms with E-state index in [-0.39, 0.29) is 11.3 Å². The third-order valence-corrected chi connectivity index (χ3v) is 3.52. The summed E-state index contributed by atoms with van der Waals surface area (Å²) in [4.78, 5) is 24.1. The number of primary amides is 1. The van der Waals surface area contributed by atoms with Crippen molar-refractivity contribution in [2.24, 2.45) is 5.73 Å². The van der Waals surface area contributed by atoms with E-state index in [9.17, 15) is 9.59 Å². The van der Waals surface area contributed by atoms with Gasteiger partial charge in [0.05, 0.1) is 5.56 Å². The van der Waals surface area contributed by atoms with Gasteiger partial charge in [-0.2, -0.15) is 0 Å². The first kappa shape index (κ1) is 14.0. The number of hydrogen-bond acceptors (Lipinski definition) is 2. The number of nitrogens with two attached hydrogens (primary N) is 1. The molecule has 0 aromatic heterocycles. The molecule has 2 rings (SSSR count). The Morgan fingerprint density at radius 2 is 1.35 bits per heavy atom. The molecule has 0 spiro atoms. The van der Waals surface area contributed by atoms with Gasteiger partial charge in [-0.3, -0.25) is 9.59 Å². The van der Waals surface area contributed by atoms with Crippen molar-refractivity contribution in [2.45, 2.75) is 20.8 Å². The number of carbonyl (C=O) groups is 2. The van der Waals surface area contributed by atoms with E-state index in [1.807, 2.05) is 32.9 Å². The molecule has 102 valence electrons. The van der Waals surface area contributed by atoms with E-state index in [0.717, 1.165) is 16.7 Å². The summed E-state index contributed by atoms with van der Waals surface area (Å²) in [6.07, 6.45) is 0. The van der Waals surface area contributed by atoms with Gasteiger partial charge in [0.2, 0.25) is 5.91 Å². The van der Waals surface area contributed by atoms with E-state index in [1.165, 1.54) is 0 Å². The second-order valence-electron chi connectivity index (χ2n) is 4.99. The number of rotatable bonds is 3. The van der Waals surface area contributed by atoms with Crippen molar-refractivity contribution >= 4 is 11.7 Å². The lowest BCUT2D eigenvalue weighted by Crippen LogP contribution is -2.17. The summed E-state index contributed by atoms with van der Waals surface area (Å²) in [5, 5.41) is 0. The third kappa shape index (κ3) is 2.48. The lowest BCUT2D eigenvalue weighted by Gasteiger charge is -2.11. The number of aryl methyl sites for hydroxylation is 3. The van der Waals surface area contributed by atoms with Crippen molar-refractivity contribution in [3.63, 3.8) is 0 Å². The fraction of sp³-hybridized carbons (Fsp3) is 0.176. The smallest absolute Gasteiger partial charge is 0.249 e. The standard InChI is InChI=1S/C17H17NO2/c1-10-8-12(3)15(9-11(10)2)16(19)13-6-4-5-7-14(13)17(18)20/h4-9H,1-3H3,(H2,18,20). The normalized spacial score (nSPS) is 10.3. The molecule has 2 aromatic carbocycles. The monoisotopic (exact) mass is 267 g/mol. The molecule has 1 amide bonds. The molecule has 0 heterocycles. The maximum atomic E-state index is 12.6. The van der Waals surface area contributed by atoms with Gasteiger partial charge in [-0.1, -0.05) is 24.3 Å². The summed E-state index contributed by atoms with van der Waals surface area (Å²) in [6.45, 7) is 5.87. The van der Waals surface area contributed by atoms with Crippen LogP contribution in [0, 0.1) is 20.8 Å². The highest BCUT2D eigenvalue weighted by Gasteiger charge is 2.18. The number of amides is 1. The molecule has 2 aromatic rings. The molecule has 20 heavy (non-hydrogen) atoms. The third-order valence-electron chi connectivity index (χ3n) is 3.52. The second-order valence-corrected chi connectivity index (χ2v) is 4.99. The van der Waals surface area contributed by atoms with Crippen LogP contribution in [0.5, 0.6) is 0 Å². The van der Waals surface area contributed by atoms with E-state index in [4.69, 9.17) is 5.73 Å². The fourth-order valence-corrected chi connectivity index (χ4v) is 2.25. The quantitative estimate of drug-likeness (QED) is 0.869. The van der Waals surface area contributed by atoms with Gasteiger partial charge in [-0.25, -0.2) is 0 Å². The molecule has 0 fully saturated rings. The molecule has 3 nitrogen and oxygen atoms in total. The van der Waals surface area contributed by atoms with Crippen molar-refractivity contribution in [1.82, 2.24) is 0 Å². The minimum Gasteiger partial charge on any atom is -0.366 e. The van der Waals surface area contributed by atoms with E-state index in [0.29, 0.717) is 11.1 Å². The van der Waals surface area contributed by atoms with Crippen LogP contribution in [0.2, 0.25) is 0 Å². The highest BCUT2D eigenvalue weighted by atomic mass is 16.1. The van der Waals surface area contributed by atoms with E-state index >= 15 is 0 Å². The Morgan fingerprint density at radius 3 is 1.95 bits per heavy atom. The average molecular weight is 267 g/mol. The second kappa shape index (κ2) is 5.29. The zero-order valence-corrected chi connectivity index (χ0v) is 11.9. The zero-order valence-electron chi connectivity index (χ0n) is 11.9. The van der Waals surface area contributed by atoms with Crippen molar-refractivity contribution in [2.75, 3.05) is 0 Å². The molecule has 0 atom stereocenters. The number of hydrogen-bond donors (Lipinski definition) is 1. The van der Waals surface area contributed by atoms with Gasteiger partial charge in [0, 0.05) is 11.1 Å². The summed E-state index contributed by atoms with van der Waals surface area (Å²) >= 11 is 0. The summed E-state index contributed by atoms with van der Waals surface area (Å²) in [5.41, 5.74) is 9.65. The zero-order chi connectivity index (χ0) is 14.9. The van der Waals surface area contributed by atoms with E-state index in [2.05, 4.69) is 0 Å². The number of ketones is 1. The molecule has 0 aliphatic rings.